The van der Waals surface area contributed by atoms with Gasteiger partial charge in [-0.05, 0) is 30.5 Å². The molecule has 0 aliphatic heterocycles. The topological polar surface area (TPSA) is 64.1 Å². The van der Waals surface area contributed by atoms with E-state index in [0.29, 0.717) is 17.6 Å². The van der Waals surface area contributed by atoms with Gasteiger partial charge in [0, 0.05) is 17.0 Å². The molecule has 130 valence electrons. The van der Waals surface area contributed by atoms with Gasteiger partial charge in [0.25, 0.3) is 0 Å². The SMILES string of the molecule is Cc1c([C@@H](N)C(C)C)sc2c(NCc3ccco3)cc(Cl)nc12.Cl. The Morgan fingerprint density at radius 3 is 2.79 bits per heavy atom. The lowest BCUT2D eigenvalue weighted by molar-refractivity contribution is 0.518. The second-order valence-corrected chi connectivity index (χ2v) is 7.40. The average Bonchev–Trinajstić information content (AvgIpc) is 3.13. The Morgan fingerprint density at radius 2 is 2.17 bits per heavy atom. The largest absolute Gasteiger partial charge is 0.467 e. The summed E-state index contributed by atoms with van der Waals surface area (Å²) in [4.78, 5) is 5.67. The van der Waals surface area contributed by atoms with Crippen molar-refractivity contribution in [1.82, 2.24) is 4.98 Å². The van der Waals surface area contributed by atoms with E-state index in [0.717, 1.165) is 27.2 Å². The van der Waals surface area contributed by atoms with Gasteiger partial charge < -0.3 is 15.5 Å². The fraction of sp³-hybridized carbons (Fsp3) is 0.353. The molecule has 0 aliphatic rings. The van der Waals surface area contributed by atoms with Gasteiger partial charge >= 0.3 is 0 Å². The third-order valence-corrected chi connectivity index (χ3v) is 5.54. The molecule has 3 N–H and O–H groups in total. The first-order chi connectivity index (χ1) is 11.0. The lowest BCUT2D eigenvalue weighted by Gasteiger charge is -2.14. The number of nitrogens with two attached hydrogens (primary N) is 1. The highest BCUT2D eigenvalue weighted by Crippen LogP contribution is 2.40. The summed E-state index contributed by atoms with van der Waals surface area (Å²) in [5.41, 5.74) is 9.37. The van der Waals surface area contributed by atoms with E-state index in [1.54, 1.807) is 17.6 Å². The number of hydrogen-bond donors (Lipinski definition) is 2. The molecular formula is C17H21Cl2N3OS. The summed E-state index contributed by atoms with van der Waals surface area (Å²) in [6, 6.07) is 5.67. The molecule has 0 aromatic carbocycles. The minimum absolute atomic E-state index is 0. The minimum atomic E-state index is 0. The highest BCUT2D eigenvalue weighted by Gasteiger charge is 2.20. The molecule has 0 fully saturated rings. The van der Waals surface area contributed by atoms with Crippen molar-refractivity contribution < 1.29 is 4.42 Å². The molecule has 3 heterocycles. The van der Waals surface area contributed by atoms with Crippen LogP contribution < -0.4 is 11.1 Å². The third kappa shape index (κ3) is 3.70. The van der Waals surface area contributed by atoms with E-state index in [-0.39, 0.29) is 18.4 Å². The van der Waals surface area contributed by atoms with Gasteiger partial charge in [0.05, 0.1) is 28.7 Å². The number of aryl methyl sites for hydroxylation is 1. The number of furan rings is 1. The Kier molecular flexibility index (Phi) is 6.15. The van der Waals surface area contributed by atoms with E-state index in [1.807, 2.05) is 18.2 Å². The number of nitrogens with one attached hydrogen (secondary N) is 1. The van der Waals surface area contributed by atoms with Crippen molar-refractivity contribution in [1.29, 1.82) is 0 Å². The standard InChI is InChI=1S/C17H20ClN3OS.ClH/c1-9(2)14(19)16-10(3)15-17(23-16)12(7-13(18)21-15)20-8-11-5-4-6-22-11;/h4-7,9,14H,8,19H2,1-3H3,(H,20,21);1H/t14-;/m0./s1. The zero-order chi connectivity index (χ0) is 16.6. The van der Waals surface area contributed by atoms with Gasteiger partial charge in [0.1, 0.15) is 10.9 Å². The lowest BCUT2D eigenvalue weighted by atomic mass is 10.0. The van der Waals surface area contributed by atoms with Crippen LogP contribution in [-0.4, -0.2) is 4.98 Å². The van der Waals surface area contributed by atoms with E-state index >= 15 is 0 Å². The Labute approximate surface area is 156 Å². The first kappa shape index (κ1) is 19.1. The highest BCUT2D eigenvalue weighted by atomic mass is 35.5. The summed E-state index contributed by atoms with van der Waals surface area (Å²) in [6.45, 7) is 6.93. The minimum Gasteiger partial charge on any atom is -0.467 e. The molecule has 0 spiro atoms. The van der Waals surface area contributed by atoms with Crippen LogP contribution in [0.25, 0.3) is 10.2 Å². The maximum absolute atomic E-state index is 6.36. The number of fused-ring (bicyclic) bond motifs is 1. The molecule has 3 rings (SSSR count). The monoisotopic (exact) mass is 385 g/mol. The van der Waals surface area contributed by atoms with Crippen LogP contribution in [0.5, 0.6) is 0 Å². The summed E-state index contributed by atoms with van der Waals surface area (Å²) in [6.07, 6.45) is 1.67. The number of pyridine rings is 1. The van der Waals surface area contributed by atoms with Crippen molar-refractivity contribution in [2.75, 3.05) is 5.32 Å². The van der Waals surface area contributed by atoms with E-state index in [9.17, 15) is 0 Å². The Bertz CT molecular complexity index is 815. The number of nitrogens with zero attached hydrogens (tertiary/aromatic N) is 1. The van der Waals surface area contributed by atoms with Crippen molar-refractivity contribution in [3.8, 4) is 0 Å². The maximum atomic E-state index is 6.36. The Balaban J connectivity index is 0.00000208. The molecule has 7 heteroatoms. The second kappa shape index (κ2) is 7.74. The van der Waals surface area contributed by atoms with E-state index < -0.39 is 0 Å². The van der Waals surface area contributed by atoms with Crippen LogP contribution in [0.15, 0.2) is 28.9 Å². The molecule has 24 heavy (non-hydrogen) atoms. The molecule has 1 atom stereocenters. The summed E-state index contributed by atoms with van der Waals surface area (Å²) < 4.78 is 6.46. The van der Waals surface area contributed by atoms with E-state index in [2.05, 4.69) is 31.1 Å². The molecule has 4 nitrogen and oxygen atoms in total. The summed E-state index contributed by atoms with van der Waals surface area (Å²) in [5, 5.41) is 3.87. The second-order valence-electron chi connectivity index (χ2n) is 5.96. The van der Waals surface area contributed by atoms with Crippen LogP contribution in [0.3, 0.4) is 0 Å². The van der Waals surface area contributed by atoms with Gasteiger partial charge in [-0.1, -0.05) is 25.4 Å². The number of hydrogen-bond acceptors (Lipinski definition) is 5. The van der Waals surface area contributed by atoms with Crippen LogP contribution in [-0.2, 0) is 6.54 Å². The summed E-state index contributed by atoms with van der Waals surface area (Å²) in [5.74, 6) is 1.25. The number of aromatic nitrogens is 1. The van der Waals surface area contributed by atoms with Crippen LogP contribution in [0.2, 0.25) is 5.15 Å². The Hall–Kier alpha value is -1.27. The number of anilines is 1. The zero-order valence-corrected chi connectivity index (χ0v) is 16.2. The van der Waals surface area contributed by atoms with Gasteiger partial charge in [0.2, 0.25) is 0 Å². The fourth-order valence-corrected chi connectivity index (χ4v) is 4.12. The van der Waals surface area contributed by atoms with Crippen molar-refractivity contribution >= 4 is 51.2 Å². The lowest BCUT2D eigenvalue weighted by Crippen LogP contribution is -2.16. The van der Waals surface area contributed by atoms with Gasteiger partial charge in [-0.3, -0.25) is 0 Å². The van der Waals surface area contributed by atoms with Crippen LogP contribution in [0, 0.1) is 12.8 Å². The first-order valence-electron chi connectivity index (χ1n) is 7.58. The van der Waals surface area contributed by atoms with Crippen LogP contribution in [0.4, 0.5) is 5.69 Å². The van der Waals surface area contributed by atoms with Gasteiger partial charge in [-0.2, -0.15) is 0 Å². The van der Waals surface area contributed by atoms with E-state index in [4.69, 9.17) is 21.8 Å². The fourth-order valence-electron chi connectivity index (χ4n) is 2.51. The Morgan fingerprint density at radius 1 is 1.42 bits per heavy atom. The van der Waals surface area contributed by atoms with Crippen molar-refractivity contribution in [2.24, 2.45) is 11.7 Å². The highest BCUT2D eigenvalue weighted by molar-refractivity contribution is 7.20. The predicted octanol–water partition coefficient (Wildman–Crippen LogP) is 5.54. The van der Waals surface area contributed by atoms with Crippen molar-refractivity contribution in [3.05, 3.63) is 45.8 Å². The molecule has 0 amide bonds. The molecule has 0 unspecified atom stereocenters. The molecule has 0 saturated heterocycles. The normalized spacial score (nSPS) is 12.4. The summed E-state index contributed by atoms with van der Waals surface area (Å²) in [7, 11) is 0. The van der Waals surface area contributed by atoms with Crippen LogP contribution in [0.1, 0.15) is 36.1 Å². The molecule has 3 aromatic rings. The van der Waals surface area contributed by atoms with E-state index in [1.165, 1.54) is 4.88 Å². The average molecular weight is 386 g/mol. The van der Waals surface area contributed by atoms with Gasteiger partial charge in [-0.15, -0.1) is 23.7 Å². The zero-order valence-electron chi connectivity index (χ0n) is 13.8. The predicted molar refractivity (Wildman–Crippen MR) is 104 cm³/mol. The first-order valence-corrected chi connectivity index (χ1v) is 8.78. The van der Waals surface area contributed by atoms with Gasteiger partial charge in [0.15, 0.2) is 0 Å². The third-order valence-electron chi connectivity index (χ3n) is 3.93. The molecule has 0 aliphatic carbocycles. The molecule has 3 aromatic heterocycles. The number of halogens is 2. The quantitative estimate of drug-likeness (QED) is 0.565. The van der Waals surface area contributed by atoms with Crippen molar-refractivity contribution in [2.45, 2.75) is 33.4 Å². The number of thiophene rings is 1. The number of rotatable bonds is 5. The summed E-state index contributed by atoms with van der Waals surface area (Å²) >= 11 is 7.90. The molecule has 0 radical (unpaired) electrons. The molecule has 0 bridgehead atoms. The van der Waals surface area contributed by atoms with Crippen molar-refractivity contribution in [3.63, 3.8) is 0 Å². The van der Waals surface area contributed by atoms with Crippen LogP contribution >= 0.6 is 35.3 Å². The molecular weight excluding hydrogens is 365 g/mol. The smallest absolute Gasteiger partial charge is 0.131 e. The molecule has 0 saturated carbocycles. The van der Waals surface area contributed by atoms with Gasteiger partial charge in [-0.25, -0.2) is 4.98 Å². The maximum Gasteiger partial charge on any atom is 0.131 e.